The standard InChI is InChI=1S/C26H43NO4/c1-25(12-18-6-4-7-19(10-18)13-25)23(28)30-17-22(16-27-3)31-24(29)26(2)14-20-8-5-9-21(11-20)15-26/h18-22,27H,4-17H2,1-3H3. The third-order valence-electron chi connectivity index (χ3n) is 8.83. The lowest BCUT2D eigenvalue weighted by atomic mass is 9.61. The number of nitrogens with one attached hydrogen (secondary N) is 1. The van der Waals surface area contributed by atoms with Gasteiger partial charge < -0.3 is 14.8 Å². The first-order valence-electron chi connectivity index (χ1n) is 12.8. The summed E-state index contributed by atoms with van der Waals surface area (Å²) in [4.78, 5) is 26.2. The van der Waals surface area contributed by atoms with Crippen LogP contribution in [0.1, 0.15) is 90.9 Å². The summed E-state index contributed by atoms with van der Waals surface area (Å²) in [5, 5.41) is 3.11. The number of esters is 2. The van der Waals surface area contributed by atoms with Crippen LogP contribution in [-0.2, 0) is 19.1 Å². The Morgan fingerprint density at radius 2 is 1.29 bits per heavy atom. The molecule has 4 bridgehead atoms. The molecule has 0 heterocycles. The maximum Gasteiger partial charge on any atom is 0.312 e. The first-order chi connectivity index (χ1) is 14.8. The van der Waals surface area contributed by atoms with Crippen LogP contribution in [0.25, 0.3) is 0 Å². The highest BCUT2D eigenvalue weighted by Crippen LogP contribution is 2.50. The molecule has 0 aromatic rings. The quantitative estimate of drug-likeness (QED) is 0.580. The Kier molecular flexibility index (Phi) is 7.00. The SMILES string of the molecule is CNCC(COC(=O)C1(C)CC2CCCC(C2)C1)OC(=O)C1(C)CC2CCCC(C2)C1. The van der Waals surface area contributed by atoms with Crippen molar-refractivity contribution < 1.29 is 19.1 Å². The van der Waals surface area contributed by atoms with Gasteiger partial charge in [-0.05, 0) is 83.1 Å². The third kappa shape index (κ3) is 5.29. The lowest BCUT2D eigenvalue weighted by molar-refractivity contribution is -0.175. The molecule has 4 fully saturated rings. The molecule has 5 atom stereocenters. The summed E-state index contributed by atoms with van der Waals surface area (Å²) in [5.41, 5.74) is -0.772. The minimum atomic E-state index is -0.424. The molecule has 0 aromatic carbocycles. The highest BCUT2D eigenvalue weighted by molar-refractivity contribution is 5.77. The molecule has 4 aliphatic carbocycles. The van der Waals surface area contributed by atoms with E-state index in [1.165, 1.54) is 51.4 Å². The predicted molar refractivity (Wildman–Crippen MR) is 120 cm³/mol. The maximum absolute atomic E-state index is 13.2. The fourth-order valence-corrected chi connectivity index (χ4v) is 7.59. The number of carbonyl (C=O) groups is 2. The van der Waals surface area contributed by atoms with E-state index >= 15 is 0 Å². The Bertz CT molecular complexity index is 638. The second kappa shape index (κ2) is 9.41. The van der Waals surface area contributed by atoms with Crippen LogP contribution in [0, 0.1) is 34.5 Å². The summed E-state index contributed by atoms with van der Waals surface area (Å²) < 4.78 is 11.8. The first kappa shape index (κ1) is 23.1. The van der Waals surface area contributed by atoms with Gasteiger partial charge in [-0.15, -0.1) is 0 Å². The van der Waals surface area contributed by atoms with Crippen molar-refractivity contribution in [2.24, 2.45) is 34.5 Å². The number of likely N-dealkylation sites (N-methyl/N-ethyl adjacent to an activating group) is 1. The van der Waals surface area contributed by atoms with Crippen LogP contribution in [0.5, 0.6) is 0 Å². The van der Waals surface area contributed by atoms with E-state index in [9.17, 15) is 9.59 Å². The van der Waals surface area contributed by atoms with Crippen molar-refractivity contribution in [2.45, 2.75) is 97.0 Å². The Balaban J connectivity index is 1.32. The van der Waals surface area contributed by atoms with Gasteiger partial charge in [0.25, 0.3) is 0 Å². The van der Waals surface area contributed by atoms with Gasteiger partial charge in [0.05, 0.1) is 10.8 Å². The molecule has 0 spiro atoms. The van der Waals surface area contributed by atoms with Crippen LogP contribution in [0.4, 0.5) is 0 Å². The monoisotopic (exact) mass is 433 g/mol. The molecular formula is C26H43NO4. The van der Waals surface area contributed by atoms with Gasteiger partial charge in [0.1, 0.15) is 12.7 Å². The topological polar surface area (TPSA) is 64.6 Å². The number of hydrogen-bond donors (Lipinski definition) is 1. The fourth-order valence-electron chi connectivity index (χ4n) is 7.59. The number of hydrogen-bond acceptors (Lipinski definition) is 5. The third-order valence-corrected chi connectivity index (χ3v) is 8.83. The van der Waals surface area contributed by atoms with Crippen LogP contribution in [0.15, 0.2) is 0 Å². The van der Waals surface area contributed by atoms with Crippen molar-refractivity contribution in [3.05, 3.63) is 0 Å². The summed E-state index contributed by atoms with van der Waals surface area (Å²) in [6, 6.07) is 0. The van der Waals surface area contributed by atoms with Gasteiger partial charge in [-0.2, -0.15) is 0 Å². The van der Waals surface area contributed by atoms with E-state index in [0.29, 0.717) is 30.2 Å². The molecule has 4 saturated carbocycles. The van der Waals surface area contributed by atoms with Crippen LogP contribution < -0.4 is 5.32 Å². The Morgan fingerprint density at radius 1 is 0.839 bits per heavy atom. The van der Waals surface area contributed by atoms with Gasteiger partial charge in [-0.1, -0.05) is 38.5 Å². The molecule has 176 valence electrons. The van der Waals surface area contributed by atoms with E-state index < -0.39 is 11.5 Å². The number of fused-ring (bicyclic) bond motifs is 4. The van der Waals surface area contributed by atoms with E-state index in [-0.39, 0.29) is 24.0 Å². The van der Waals surface area contributed by atoms with Gasteiger partial charge in [0.15, 0.2) is 0 Å². The summed E-state index contributed by atoms with van der Waals surface area (Å²) in [6.45, 7) is 4.83. The summed E-state index contributed by atoms with van der Waals surface area (Å²) in [7, 11) is 1.85. The molecule has 0 amide bonds. The zero-order valence-electron chi connectivity index (χ0n) is 19.9. The van der Waals surface area contributed by atoms with Gasteiger partial charge in [-0.25, -0.2) is 0 Å². The van der Waals surface area contributed by atoms with E-state index in [2.05, 4.69) is 19.2 Å². The van der Waals surface area contributed by atoms with Crippen molar-refractivity contribution in [1.29, 1.82) is 0 Å². The Labute approximate surface area is 188 Å². The van der Waals surface area contributed by atoms with Crippen LogP contribution in [0.3, 0.4) is 0 Å². The molecular weight excluding hydrogens is 390 g/mol. The fraction of sp³-hybridized carbons (Fsp3) is 0.923. The Hall–Kier alpha value is -1.10. The summed E-state index contributed by atoms with van der Waals surface area (Å²) >= 11 is 0. The molecule has 0 radical (unpaired) electrons. The summed E-state index contributed by atoms with van der Waals surface area (Å²) in [6.07, 6.45) is 13.5. The number of ether oxygens (including phenoxy) is 2. The van der Waals surface area contributed by atoms with Gasteiger partial charge in [-0.3, -0.25) is 9.59 Å². The van der Waals surface area contributed by atoms with Crippen molar-refractivity contribution in [3.63, 3.8) is 0 Å². The molecule has 0 saturated heterocycles. The minimum Gasteiger partial charge on any atom is -0.461 e. The van der Waals surface area contributed by atoms with Crippen molar-refractivity contribution in [1.82, 2.24) is 5.32 Å². The van der Waals surface area contributed by atoms with E-state index in [4.69, 9.17) is 9.47 Å². The average Bonchev–Trinajstić information content (AvgIpc) is 2.71. The van der Waals surface area contributed by atoms with Gasteiger partial charge >= 0.3 is 11.9 Å². The molecule has 1 N–H and O–H groups in total. The molecule has 0 aliphatic heterocycles. The van der Waals surface area contributed by atoms with Crippen molar-refractivity contribution >= 4 is 11.9 Å². The Morgan fingerprint density at radius 3 is 1.74 bits per heavy atom. The smallest absolute Gasteiger partial charge is 0.312 e. The van der Waals surface area contributed by atoms with Gasteiger partial charge in [0, 0.05) is 6.54 Å². The number of carbonyl (C=O) groups excluding carboxylic acids is 2. The zero-order chi connectivity index (χ0) is 22.1. The molecule has 0 aromatic heterocycles. The minimum absolute atomic E-state index is 0.0975. The highest BCUT2D eigenvalue weighted by Gasteiger charge is 2.47. The molecule has 31 heavy (non-hydrogen) atoms. The first-order valence-corrected chi connectivity index (χ1v) is 12.8. The van der Waals surface area contributed by atoms with Gasteiger partial charge in [0.2, 0.25) is 0 Å². The van der Waals surface area contributed by atoms with E-state index in [1.807, 2.05) is 7.05 Å². The van der Waals surface area contributed by atoms with Crippen molar-refractivity contribution in [2.75, 3.05) is 20.2 Å². The largest absolute Gasteiger partial charge is 0.461 e. The summed E-state index contributed by atoms with van der Waals surface area (Å²) in [5.74, 6) is 2.47. The molecule has 5 heteroatoms. The molecule has 5 nitrogen and oxygen atoms in total. The second-order valence-corrected chi connectivity index (χ2v) is 11.9. The van der Waals surface area contributed by atoms with Crippen LogP contribution in [0.2, 0.25) is 0 Å². The van der Waals surface area contributed by atoms with Crippen LogP contribution in [-0.4, -0.2) is 38.2 Å². The lowest BCUT2D eigenvalue weighted by Gasteiger charge is -2.44. The predicted octanol–water partition coefficient (Wildman–Crippen LogP) is 4.87. The average molecular weight is 434 g/mol. The molecule has 5 unspecified atom stereocenters. The molecule has 4 aliphatic rings. The highest BCUT2D eigenvalue weighted by atomic mass is 16.6. The van der Waals surface area contributed by atoms with E-state index in [0.717, 1.165) is 25.7 Å². The van der Waals surface area contributed by atoms with Crippen LogP contribution >= 0.6 is 0 Å². The lowest BCUT2D eigenvalue weighted by Crippen LogP contribution is -2.45. The van der Waals surface area contributed by atoms with Crippen molar-refractivity contribution in [3.8, 4) is 0 Å². The van der Waals surface area contributed by atoms with E-state index in [1.54, 1.807) is 0 Å². The zero-order valence-corrected chi connectivity index (χ0v) is 19.9. The molecule has 4 rings (SSSR count). The maximum atomic E-state index is 13.2. The normalized spacial score (nSPS) is 40.6. The second-order valence-electron chi connectivity index (χ2n) is 11.9. The number of rotatable bonds is 7.